The van der Waals surface area contributed by atoms with E-state index in [1.807, 2.05) is 39.8 Å². The van der Waals surface area contributed by atoms with E-state index in [4.69, 9.17) is 5.11 Å². The topological polar surface area (TPSA) is 60.7 Å². The Kier molecular flexibility index (Phi) is 11.7. The van der Waals surface area contributed by atoms with E-state index in [2.05, 4.69) is 6.58 Å². The molecule has 132 valence electrons. The van der Waals surface area contributed by atoms with Crippen LogP contribution < -0.4 is 0 Å². The van der Waals surface area contributed by atoms with Gasteiger partial charge in [-0.25, -0.2) is 0 Å². The van der Waals surface area contributed by atoms with Crippen molar-refractivity contribution in [3.63, 3.8) is 0 Å². The van der Waals surface area contributed by atoms with E-state index in [1.165, 1.54) is 5.57 Å². The lowest BCUT2D eigenvalue weighted by atomic mass is 9.98. The van der Waals surface area contributed by atoms with Crippen LogP contribution in [0.4, 0.5) is 0 Å². The lowest BCUT2D eigenvalue weighted by Gasteiger charge is -2.14. The summed E-state index contributed by atoms with van der Waals surface area (Å²) in [6.45, 7) is 11.9. The summed E-state index contributed by atoms with van der Waals surface area (Å²) in [4.78, 5) is 0. The quantitative estimate of drug-likeness (QED) is 0.503. The third kappa shape index (κ3) is 11.1. The summed E-state index contributed by atoms with van der Waals surface area (Å²) in [6.07, 6.45) is 8.40. The SMILES string of the molecule is C=C(CC/C=C(\C)[C@H](O)CC=C(C)C)C(O)CC/C(C)=C/CO. The molecule has 3 heteroatoms. The molecule has 2 atom stereocenters. The van der Waals surface area contributed by atoms with Crippen LogP contribution in [0, 0.1) is 0 Å². The van der Waals surface area contributed by atoms with Crippen molar-refractivity contribution in [2.24, 2.45) is 0 Å². The lowest BCUT2D eigenvalue weighted by Crippen LogP contribution is -2.10. The lowest BCUT2D eigenvalue weighted by molar-refractivity contribution is 0.197. The molecule has 0 amide bonds. The molecule has 0 bridgehead atoms. The van der Waals surface area contributed by atoms with E-state index >= 15 is 0 Å². The van der Waals surface area contributed by atoms with E-state index in [0.717, 1.165) is 36.0 Å². The molecule has 0 radical (unpaired) electrons. The zero-order chi connectivity index (χ0) is 17.8. The molecule has 23 heavy (non-hydrogen) atoms. The van der Waals surface area contributed by atoms with Gasteiger partial charge in [-0.1, -0.05) is 36.0 Å². The molecule has 0 rings (SSSR count). The van der Waals surface area contributed by atoms with Gasteiger partial charge in [-0.3, -0.25) is 0 Å². The van der Waals surface area contributed by atoms with Crippen molar-refractivity contribution in [3.05, 3.63) is 47.1 Å². The summed E-state index contributed by atoms with van der Waals surface area (Å²) >= 11 is 0. The normalized spacial score (nSPS) is 15.3. The Balaban J connectivity index is 4.19. The van der Waals surface area contributed by atoms with Gasteiger partial charge in [0.1, 0.15) is 0 Å². The molecule has 0 saturated carbocycles. The van der Waals surface area contributed by atoms with Gasteiger partial charge in [-0.15, -0.1) is 0 Å². The first-order chi connectivity index (χ1) is 10.8. The number of rotatable bonds is 11. The average Bonchev–Trinajstić information content (AvgIpc) is 2.50. The Hall–Kier alpha value is -1.16. The summed E-state index contributed by atoms with van der Waals surface area (Å²) in [5, 5.41) is 28.9. The molecule has 1 unspecified atom stereocenters. The van der Waals surface area contributed by atoms with Crippen LogP contribution in [0.2, 0.25) is 0 Å². The van der Waals surface area contributed by atoms with Gasteiger partial charge < -0.3 is 15.3 Å². The predicted octanol–water partition coefficient (Wildman–Crippen LogP) is 4.07. The standard InChI is InChI=1S/C20H34O3/c1-15(2)9-11-19(22)17(4)7-6-8-18(5)20(23)12-10-16(3)13-14-21/h7,9,13,19-23H,5-6,8,10-12,14H2,1-4H3/b16-13+,17-7+/t19-,20?/m1/s1. The van der Waals surface area contributed by atoms with Crippen LogP contribution in [-0.4, -0.2) is 34.1 Å². The second kappa shape index (κ2) is 12.3. The molecule has 0 aromatic heterocycles. The van der Waals surface area contributed by atoms with E-state index in [0.29, 0.717) is 12.8 Å². The number of allylic oxidation sites excluding steroid dienone is 3. The minimum Gasteiger partial charge on any atom is -0.392 e. The Morgan fingerprint density at radius 1 is 0.957 bits per heavy atom. The molecule has 0 fully saturated rings. The smallest absolute Gasteiger partial charge is 0.0781 e. The molecule has 3 N–H and O–H groups in total. The third-order valence-electron chi connectivity index (χ3n) is 3.93. The van der Waals surface area contributed by atoms with Gasteiger partial charge in [0.15, 0.2) is 0 Å². The van der Waals surface area contributed by atoms with Crippen molar-refractivity contribution < 1.29 is 15.3 Å². The molecular formula is C20H34O3. The van der Waals surface area contributed by atoms with Crippen LogP contribution >= 0.6 is 0 Å². The molecule has 0 aliphatic heterocycles. The van der Waals surface area contributed by atoms with Crippen LogP contribution in [0.5, 0.6) is 0 Å². The van der Waals surface area contributed by atoms with Crippen LogP contribution in [0.25, 0.3) is 0 Å². The molecule has 3 nitrogen and oxygen atoms in total. The van der Waals surface area contributed by atoms with Crippen molar-refractivity contribution in [1.82, 2.24) is 0 Å². The fraction of sp³-hybridized carbons (Fsp3) is 0.600. The van der Waals surface area contributed by atoms with Gasteiger partial charge in [0, 0.05) is 0 Å². The van der Waals surface area contributed by atoms with Crippen LogP contribution in [-0.2, 0) is 0 Å². The van der Waals surface area contributed by atoms with Crippen molar-refractivity contribution in [1.29, 1.82) is 0 Å². The second-order valence-corrected chi connectivity index (χ2v) is 6.47. The van der Waals surface area contributed by atoms with Crippen LogP contribution in [0.1, 0.15) is 59.8 Å². The minimum atomic E-state index is -0.513. The van der Waals surface area contributed by atoms with Crippen LogP contribution in [0.3, 0.4) is 0 Å². The Morgan fingerprint density at radius 2 is 1.61 bits per heavy atom. The van der Waals surface area contributed by atoms with Gasteiger partial charge in [0.05, 0.1) is 18.8 Å². The van der Waals surface area contributed by atoms with Crippen molar-refractivity contribution in [3.8, 4) is 0 Å². The maximum Gasteiger partial charge on any atom is 0.0781 e. The molecular weight excluding hydrogens is 288 g/mol. The number of hydrogen-bond donors (Lipinski definition) is 3. The largest absolute Gasteiger partial charge is 0.392 e. The van der Waals surface area contributed by atoms with Gasteiger partial charge in [0.2, 0.25) is 0 Å². The van der Waals surface area contributed by atoms with E-state index in [9.17, 15) is 10.2 Å². The zero-order valence-corrected chi connectivity index (χ0v) is 15.2. The molecule has 0 aliphatic rings. The first-order valence-corrected chi connectivity index (χ1v) is 8.38. The summed E-state index contributed by atoms with van der Waals surface area (Å²) < 4.78 is 0. The average molecular weight is 322 g/mol. The van der Waals surface area contributed by atoms with E-state index < -0.39 is 12.2 Å². The molecule has 0 saturated heterocycles. The molecule has 0 aromatic carbocycles. The molecule has 0 aromatic rings. The van der Waals surface area contributed by atoms with E-state index in [-0.39, 0.29) is 6.61 Å². The molecule has 0 spiro atoms. The summed E-state index contributed by atoms with van der Waals surface area (Å²) in [7, 11) is 0. The Morgan fingerprint density at radius 3 is 2.17 bits per heavy atom. The Labute approximate surface area is 141 Å². The van der Waals surface area contributed by atoms with E-state index in [1.54, 1.807) is 6.08 Å². The van der Waals surface area contributed by atoms with Crippen molar-refractivity contribution in [2.75, 3.05) is 6.61 Å². The van der Waals surface area contributed by atoms with Crippen molar-refractivity contribution >= 4 is 0 Å². The van der Waals surface area contributed by atoms with Gasteiger partial charge >= 0.3 is 0 Å². The second-order valence-electron chi connectivity index (χ2n) is 6.47. The number of aliphatic hydroxyl groups is 3. The molecule has 0 heterocycles. The van der Waals surface area contributed by atoms with Gasteiger partial charge in [-0.2, -0.15) is 0 Å². The Bertz CT molecular complexity index is 440. The highest BCUT2D eigenvalue weighted by atomic mass is 16.3. The summed E-state index contributed by atoms with van der Waals surface area (Å²) in [6, 6.07) is 0. The van der Waals surface area contributed by atoms with Gasteiger partial charge in [0.25, 0.3) is 0 Å². The maximum atomic E-state index is 10.1. The summed E-state index contributed by atoms with van der Waals surface area (Å²) in [5.74, 6) is 0. The third-order valence-corrected chi connectivity index (χ3v) is 3.93. The first kappa shape index (κ1) is 21.8. The summed E-state index contributed by atoms with van der Waals surface area (Å²) in [5.41, 5.74) is 4.08. The minimum absolute atomic E-state index is 0.0437. The zero-order valence-electron chi connectivity index (χ0n) is 15.2. The van der Waals surface area contributed by atoms with Gasteiger partial charge in [-0.05, 0) is 70.9 Å². The maximum absolute atomic E-state index is 10.1. The van der Waals surface area contributed by atoms with Crippen molar-refractivity contribution in [2.45, 2.75) is 72.0 Å². The first-order valence-electron chi connectivity index (χ1n) is 8.38. The highest BCUT2D eigenvalue weighted by Crippen LogP contribution is 2.17. The highest BCUT2D eigenvalue weighted by molar-refractivity contribution is 5.11. The fourth-order valence-electron chi connectivity index (χ4n) is 2.15. The molecule has 0 aliphatic carbocycles. The monoisotopic (exact) mass is 322 g/mol. The van der Waals surface area contributed by atoms with Crippen LogP contribution in [0.15, 0.2) is 47.1 Å². The fourth-order valence-corrected chi connectivity index (χ4v) is 2.15. The predicted molar refractivity (Wildman–Crippen MR) is 98.3 cm³/mol. The number of aliphatic hydroxyl groups excluding tert-OH is 3. The number of hydrogen-bond acceptors (Lipinski definition) is 3. The highest BCUT2D eigenvalue weighted by Gasteiger charge is 2.09.